The van der Waals surface area contributed by atoms with Crippen molar-refractivity contribution in [3.05, 3.63) is 86.9 Å². The van der Waals surface area contributed by atoms with Gasteiger partial charge < -0.3 is 4.98 Å². The van der Waals surface area contributed by atoms with Crippen LogP contribution in [0.15, 0.2) is 65.2 Å². The molecule has 1 N–H and O–H groups in total. The molecule has 1 aliphatic rings. The number of nitrogens with one attached hydrogen (secondary N) is 1. The lowest BCUT2D eigenvalue weighted by Crippen LogP contribution is -2.35. The lowest BCUT2D eigenvalue weighted by molar-refractivity contribution is 0.244. The standard InChI is InChI=1S/C22H19N5OS/c28-22-17-12-27(13-19-20(24-14-29-19)15-4-2-1-3-5-15)11-8-18(17)25-21(26-22)16-6-9-23-10-7-16/h1-7,9-10,14H,8,11-13H2,(H,25,26,28). The first-order valence-corrected chi connectivity index (χ1v) is 10.4. The predicted molar refractivity (Wildman–Crippen MR) is 113 cm³/mol. The molecular formula is C22H19N5OS. The number of H-pyrrole nitrogens is 1. The van der Waals surface area contributed by atoms with Crippen LogP contribution in [-0.2, 0) is 19.5 Å². The third kappa shape index (κ3) is 3.62. The SMILES string of the molecule is O=c1[nH]c(-c2ccncc2)nc2c1CN(Cc1scnc1-c1ccccc1)CC2. The van der Waals surface area contributed by atoms with E-state index in [0.717, 1.165) is 47.6 Å². The molecular weight excluding hydrogens is 382 g/mol. The number of aromatic amines is 1. The zero-order valence-electron chi connectivity index (χ0n) is 15.7. The van der Waals surface area contributed by atoms with E-state index in [4.69, 9.17) is 4.98 Å². The summed E-state index contributed by atoms with van der Waals surface area (Å²) in [6.07, 6.45) is 4.17. The van der Waals surface area contributed by atoms with Crippen LogP contribution in [0.5, 0.6) is 0 Å². The second kappa shape index (κ2) is 7.69. The van der Waals surface area contributed by atoms with Crippen molar-refractivity contribution in [2.45, 2.75) is 19.5 Å². The highest BCUT2D eigenvalue weighted by Gasteiger charge is 2.23. The molecule has 3 aromatic heterocycles. The fourth-order valence-electron chi connectivity index (χ4n) is 3.68. The van der Waals surface area contributed by atoms with Crippen LogP contribution in [-0.4, -0.2) is 31.4 Å². The Hall–Kier alpha value is -3.16. The van der Waals surface area contributed by atoms with Crippen LogP contribution in [0.1, 0.15) is 16.1 Å². The average molecular weight is 401 g/mol. The summed E-state index contributed by atoms with van der Waals surface area (Å²) in [5, 5.41) is 0. The monoisotopic (exact) mass is 401 g/mol. The maximum absolute atomic E-state index is 12.7. The van der Waals surface area contributed by atoms with Crippen molar-refractivity contribution in [2.24, 2.45) is 0 Å². The van der Waals surface area contributed by atoms with Gasteiger partial charge in [-0.15, -0.1) is 11.3 Å². The normalized spacial score (nSPS) is 13.9. The van der Waals surface area contributed by atoms with E-state index in [-0.39, 0.29) is 5.56 Å². The number of fused-ring (bicyclic) bond motifs is 1. The van der Waals surface area contributed by atoms with Crippen LogP contribution in [0.2, 0.25) is 0 Å². The molecule has 29 heavy (non-hydrogen) atoms. The molecule has 7 heteroatoms. The Balaban J connectivity index is 1.39. The first kappa shape index (κ1) is 17.9. The highest BCUT2D eigenvalue weighted by Crippen LogP contribution is 2.28. The maximum atomic E-state index is 12.7. The minimum Gasteiger partial charge on any atom is -0.306 e. The third-order valence-electron chi connectivity index (χ3n) is 5.16. The van der Waals surface area contributed by atoms with Crippen LogP contribution >= 0.6 is 11.3 Å². The van der Waals surface area contributed by atoms with Crippen LogP contribution < -0.4 is 5.56 Å². The minimum absolute atomic E-state index is 0.0564. The zero-order chi connectivity index (χ0) is 19.6. The summed E-state index contributed by atoms with van der Waals surface area (Å²) < 4.78 is 0. The van der Waals surface area contributed by atoms with E-state index in [2.05, 4.69) is 32.0 Å². The fraction of sp³-hybridized carbons (Fsp3) is 0.182. The fourth-order valence-corrected chi connectivity index (χ4v) is 4.50. The number of nitrogens with zero attached hydrogens (tertiary/aromatic N) is 4. The van der Waals surface area contributed by atoms with Gasteiger partial charge in [0.05, 0.1) is 22.5 Å². The number of pyridine rings is 1. The van der Waals surface area contributed by atoms with Gasteiger partial charge in [-0.3, -0.25) is 14.7 Å². The van der Waals surface area contributed by atoms with Crippen LogP contribution in [0, 0.1) is 0 Å². The molecule has 0 unspecified atom stereocenters. The highest BCUT2D eigenvalue weighted by molar-refractivity contribution is 7.10. The second-order valence-corrected chi connectivity index (χ2v) is 7.97. The first-order chi connectivity index (χ1) is 14.3. The molecule has 0 spiro atoms. The van der Waals surface area contributed by atoms with Gasteiger partial charge in [0.1, 0.15) is 5.82 Å². The quantitative estimate of drug-likeness (QED) is 0.566. The molecule has 1 aliphatic heterocycles. The second-order valence-electron chi connectivity index (χ2n) is 7.03. The number of hydrogen-bond donors (Lipinski definition) is 1. The summed E-state index contributed by atoms with van der Waals surface area (Å²) in [7, 11) is 0. The third-order valence-corrected chi connectivity index (χ3v) is 5.97. The summed E-state index contributed by atoms with van der Waals surface area (Å²) in [6, 6.07) is 13.9. The van der Waals surface area contributed by atoms with Crippen molar-refractivity contribution in [1.29, 1.82) is 0 Å². The van der Waals surface area contributed by atoms with E-state index in [9.17, 15) is 4.79 Å². The Morgan fingerprint density at radius 3 is 2.72 bits per heavy atom. The molecule has 1 aromatic carbocycles. The molecule has 6 nitrogen and oxygen atoms in total. The summed E-state index contributed by atoms with van der Waals surface area (Å²) >= 11 is 1.66. The Morgan fingerprint density at radius 1 is 1.07 bits per heavy atom. The van der Waals surface area contributed by atoms with Crippen LogP contribution in [0.4, 0.5) is 0 Å². The van der Waals surface area contributed by atoms with Gasteiger partial charge in [-0.1, -0.05) is 30.3 Å². The Labute approximate surface area is 171 Å². The van der Waals surface area contributed by atoms with Gasteiger partial charge in [-0.05, 0) is 12.1 Å². The summed E-state index contributed by atoms with van der Waals surface area (Å²) in [4.78, 5) is 32.5. The van der Waals surface area contributed by atoms with Crippen LogP contribution in [0.25, 0.3) is 22.6 Å². The van der Waals surface area contributed by atoms with Gasteiger partial charge in [0.2, 0.25) is 0 Å². The number of benzene rings is 1. The van der Waals surface area contributed by atoms with Crippen LogP contribution in [0.3, 0.4) is 0 Å². The Kier molecular flexibility index (Phi) is 4.75. The zero-order valence-corrected chi connectivity index (χ0v) is 16.5. The summed E-state index contributed by atoms with van der Waals surface area (Å²) in [5.74, 6) is 0.610. The van der Waals surface area contributed by atoms with Crippen molar-refractivity contribution < 1.29 is 0 Å². The molecule has 144 valence electrons. The van der Waals surface area contributed by atoms with Gasteiger partial charge >= 0.3 is 0 Å². The number of thiazole rings is 1. The largest absolute Gasteiger partial charge is 0.306 e. The van der Waals surface area contributed by atoms with Crippen molar-refractivity contribution in [1.82, 2.24) is 24.8 Å². The topological polar surface area (TPSA) is 74.8 Å². The van der Waals surface area contributed by atoms with E-state index >= 15 is 0 Å². The van der Waals surface area contributed by atoms with E-state index in [1.807, 2.05) is 35.8 Å². The molecule has 0 amide bonds. The first-order valence-electron chi connectivity index (χ1n) is 9.50. The van der Waals surface area contributed by atoms with Crippen molar-refractivity contribution in [3.8, 4) is 22.6 Å². The molecule has 0 fully saturated rings. The Morgan fingerprint density at radius 2 is 1.90 bits per heavy atom. The smallest absolute Gasteiger partial charge is 0.255 e. The van der Waals surface area contributed by atoms with E-state index < -0.39 is 0 Å². The summed E-state index contributed by atoms with van der Waals surface area (Å²) in [6.45, 7) is 2.24. The van der Waals surface area contributed by atoms with E-state index in [1.54, 1.807) is 23.7 Å². The maximum Gasteiger partial charge on any atom is 0.255 e. The van der Waals surface area contributed by atoms with Gasteiger partial charge in [-0.2, -0.15) is 0 Å². The molecule has 0 saturated heterocycles. The Bertz CT molecular complexity index is 1190. The molecule has 0 radical (unpaired) electrons. The van der Waals surface area contributed by atoms with Gasteiger partial charge in [0.15, 0.2) is 0 Å². The van der Waals surface area contributed by atoms with Crippen molar-refractivity contribution >= 4 is 11.3 Å². The predicted octanol–water partition coefficient (Wildman–Crippen LogP) is 3.51. The number of aromatic nitrogens is 4. The molecule has 0 atom stereocenters. The number of hydrogen-bond acceptors (Lipinski definition) is 6. The lowest BCUT2D eigenvalue weighted by atomic mass is 10.1. The van der Waals surface area contributed by atoms with Crippen molar-refractivity contribution in [3.63, 3.8) is 0 Å². The molecule has 4 heterocycles. The summed E-state index contributed by atoms with van der Waals surface area (Å²) in [5.41, 5.74) is 6.53. The van der Waals surface area contributed by atoms with Gasteiger partial charge in [-0.25, -0.2) is 9.97 Å². The number of rotatable bonds is 4. The highest BCUT2D eigenvalue weighted by atomic mass is 32.1. The van der Waals surface area contributed by atoms with E-state index in [0.29, 0.717) is 12.4 Å². The van der Waals surface area contributed by atoms with Crippen molar-refractivity contribution in [2.75, 3.05) is 6.54 Å². The minimum atomic E-state index is -0.0564. The molecule has 4 aromatic rings. The van der Waals surface area contributed by atoms with Gasteiger partial charge in [0, 0.05) is 54.5 Å². The van der Waals surface area contributed by atoms with Gasteiger partial charge in [0.25, 0.3) is 5.56 Å². The molecule has 5 rings (SSSR count). The molecule has 0 saturated carbocycles. The molecule has 0 aliphatic carbocycles. The lowest BCUT2D eigenvalue weighted by Gasteiger charge is -2.27. The average Bonchev–Trinajstić information content (AvgIpc) is 3.23. The molecule has 0 bridgehead atoms. The van der Waals surface area contributed by atoms with E-state index in [1.165, 1.54) is 4.88 Å².